The molecular weight excluding hydrogens is 212 g/mol. The van der Waals surface area contributed by atoms with Crippen molar-refractivity contribution in [2.75, 3.05) is 0 Å². The fourth-order valence-electron chi connectivity index (χ4n) is 1.51. The summed E-state index contributed by atoms with van der Waals surface area (Å²) in [6.07, 6.45) is 3.50. The Morgan fingerprint density at radius 2 is 2.27 bits per heavy atom. The van der Waals surface area contributed by atoms with Crippen LogP contribution in [0.5, 0.6) is 0 Å². The highest BCUT2D eigenvalue weighted by molar-refractivity contribution is 6.31. The van der Waals surface area contributed by atoms with Gasteiger partial charge >= 0.3 is 0 Å². The number of halogens is 1. The third-order valence-corrected chi connectivity index (χ3v) is 2.85. The van der Waals surface area contributed by atoms with E-state index in [1.165, 1.54) is 0 Å². The van der Waals surface area contributed by atoms with Gasteiger partial charge in [-0.25, -0.2) is 0 Å². The van der Waals surface area contributed by atoms with Gasteiger partial charge in [0.1, 0.15) is 6.29 Å². The second kappa shape index (κ2) is 4.33. The first-order chi connectivity index (χ1) is 7.20. The Kier molecular flexibility index (Phi) is 3.08. The van der Waals surface area contributed by atoms with Crippen LogP contribution in [0.4, 0.5) is 0 Å². The minimum atomic E-state index is 0.00528. The number of carbonyl (C=O) groups excluding carboxylic acids is 1. The van der Waals surface area contributed by atoms with E-state index in [2.05, 4.69) is 0 Å². The van der Waals surface area contributed by atoms with Crippen LogP contribution in [-0.2, 0) is 4.74 Å². The number of benzene rings is 1. The van der Waals surface area contributed by atoms with Crippen LogP contribution >= 0.6 is 11.6 Å². The minimum Gasteiger partial charge on any atom is -0.371 e. The molecule has 0 radical (unpaired) electrons. The molecule has 2 rings (SSSR count). The summed E-state index contributed by atoms with van der Waals surface area (Å²) < 4.78 is 5.73. The summed E-state index contributed by atoms with van der Waals surface area (Å²) in [5.74, 6) is 0. The summed E-state index contributed by atoms with van der Waals surface area (Å²) in [5, 5.41) is 0.604. The largest absolute Gasteiger partial charge is 0.371 e. The average Bonchev–Trinajstić information content (AvgIpc) is 3.01. The molecule has 1 saturated carbocycles. The third kappa shape index (κ3) is 2.58. The number of hydrogen-bond acceptors (Lipinski definition) is 2. The molecule has 1 unspecified atom stereocenters. The van der Waals surface area contributed by atoms with Crippen molar-refractivity contribution in [1.29, 1.82) is 0 Å². The topological polar surface area (TPSA) is 26.3 Å². The molecule has 0 aliphatic heterocycles. The molecule has 1 fully saturated rings. The Balaban J connectivity index is 2.15. The summed E-state index contributed by atoms with van der Waals surface area (Å²) in [7, 11) is 0. The van der Waals surface area contributed by atoms with Gasteiger partial charge in [0.05, 0.1) is 12.2 Å². The van der Waals surface area contributed by atoms with E-state index < -0.39 is 0 Å². The maximum Gasteiger partial charge on any atom is 0.150 e. The first kappa shape index (κ1) is 10.7. The molecule has 0 spiro atoms. The predicted octanol–water partition coefficient (Wildman–Crippen LogP) is 3.39. The van der Waals surface area contributed by atoms with Crippen LogP contribution < -0.4 is 0 Å². The van der Waals surface area contributed by atoms with Gasteiger partial charge in [0.2, 0.25) is 0 Å². The number of hydrogen-bond donors (Lipinski definition) is 0. The average molecular weight is 225 g/mol. The van der Waals surface area contributed by atoms with E-state index in [9.17, 15) is 4.79 Å². The molecule has 1 atom stereocenters. The zero-order valence-corrected chi connectivity index (χ0v) is 9.33. The zero-order chi connectivity index (χ0) is 10.8. The maximum absolute atomic E-state index is 10.5. The molecule has 0 aromatic heterocycles. The van der Waals surface area contributed by atoms with Crippen molar-refractivity contribution in [3.63, 3.8) is 0 Å². The third-order valence-electron chi connectivity index (χ3n) is 2.52. The van der Waals surface area contributed by atoms with Gasteiger partial charge in [-0.1, -0.05) is 23.7 Å². The first-order valence-corrected chi connectivity index (χ1v) is 5.48. The normalized spacial score (nSPS) is 17.5. The van der Waals surface area contributed by atoms with Crippen LogP contribution in [0.15, 0.2) is 18.2 Å². The standard InChI is InChI=1S/C12H13ClO2/c1-8(15-10-3-4-10)11-5-2-9(7-14)6-12(11)13/h2,5-8,10H,3-4H2,1H3. The first-order valence-electron chi connectivity index (χ1n) is 5.11. The molecule has 80 valence electrons. The van der Waals surface area contributed by atoms with Crippen LogP contribution in [0.2, 0.25) is 5.02 Å². The Labute approximate surface area is 94.2 Å². The lowest BCUT2D eigenvalue weighted by Crippen LogP contribution is -2.02. The van der Waals surface area contributed by atoms with E-state index >= 15 is 0 Å². The smallest absolute Gasteiger partial charge is 0.150 e. The van der Waals surface area contributed by atoms with Crippen LogP contribution in [0.25, 0.3) is 0 Å². The number of carbonyl (C=O) groups is 1. The fourth-order valence-corrected chi connectivity index (χ4v) is 1.86. The van der Waals surface area contributed by atoms with Crippen LogP contribution in [0.3, 0.4) is 0 Å². The zero-order valence-electron chi connectivity index (χ0n) is 8.57. The molecule has 0 N–H and O–H groups in total. The molecule has 15 heavy (non-hydrogen) atoms. The highest BCUT2D eigenvalue weighted by Crippen LogP contribution is 2.33. The van der Waals surface area contributed by atoms with Crippen molar-refractivity contribution in [3.05, 3.63) is 34.3 Å². The van der Waals surface area contributed by atoms with Crippen molar-refractivity contribution < 1.29 is 9.53 Å². The molecular formula is C12H13ClO2. The van der Waals surface area contributed by atoms with Crippen molar-refractivity contribution >= 4 is 17.9 Å². The second-order valence-corrected chi connectivity index (χ2v) is 4.28. The van der Waals surface area contributed by atoms with E-state index in [-0.39, 0.29) is 6.10 Å². The van der Waals surface area contributed by atoms with Gasteiger partial charge in [-0.3, -0.25) is 4.79 Å². The van der Waals surface area contributed by atoms with Crippen LogP contribution in [0.1, 0.15) is 41.8 Å². The number of rotatable bonds is 4. The van der Waals surface area contributed by atoms with Crippen molar-refractivity contribution in [2.45, 2.75) is 32.0 Å². The summed E-state index contributed by atoms with van der Waals surface area (Å²) in [6, 6.07) is 5.30. The minimum absolute atomic E-state index is 0.00528. The molecule has 0 bridgehead atoms. The molecule has 2 nitrogen and oxygen atoms in total. The Morgan fingerprint density at radius 1 is 1.53 bits per heavy atom. The van der Waals surface area contributed by atoms with E-state index in [0.717, 1.165) is 24.7 Å². The van der Waals surface area contributed by atoms with Gasteiger partial charge in [0, 0.05) is 10.6 Å². The molecule has 1 aliphatic carbocycles. The van der Waals surface area contributed by atoms with E-state index in [1.54, 1.807) is 12.1 Å². The Hall–Kier alpha value is -0.860. The molecule has 1 aromatic rings. The van der Waals surface area contributed by atoms with Crippen LogP contribution in [0, 0.1) is 0 Å². The fraction of sp³-hybridized carbons (Fsp3) is 0.417. The lowest BCUT2D eigenvalue weighted by molar-refractivity contribution is 0.0519. The van der Waals surface area contributed by atoms with E-state index in [1.807, 2.05) is 13.0 Å². The molecule has 0 saturated heterocycles. The van der Waals surface area contributed by atoms with Crippen LogP contribution in [-0.4, -0.2) is 12.4 Å². The van der Waals surface area contributed by atoms with E-state index in [4.69, 9.17) is 16.3 Å². The quantitative estimate of drug-likeness (QED) is 0.733. The predicted molar refractivity (Wildman–Crippen MR) is 59.4 cm³/mol. The molecule has 0 heterocycles. The lowest BCUT2D eigenvalue weighted by atomic mass is 10.1. The monoisotopic (exact) mass is 224 g/mol. The number of ether oxygens (including phenoxy) is 1. The molecule has 3 heteroatoms. The van der Waals surface area contributed by atoms with Crippen molar-refractivity contribution in [3.8, 4) is 0 Å². The summed E-state index contributed by atoms with van der Waals surface area (Å²) in [4.78, 5) is 10.5. The van der Waals surface area contributed by atoms with E-state index in [0.29, 0.717) is 16.7 Å². The highest BCUT2D eigenvalue weighted by atomic mass is 35.5. The molecule has 0 amide bonds. The van der Waals surface area contributed by atoms with Crippen molar-refractivity contribution in [2.24, 2.45) is 0 Å². The van der Waals surface area contributed by atoms with Crippen molar-refractivity contribution in [1.82, 2.24) is 0 Å². The maximum atomic E-state index is 10.5. The lowest BCUT2D eigenvalue weighted by Gasteiger charge is -2.14. The summed E-state index contributed by atoms with van der Waals surface area (Å²) >= 11 is 6.07. The summed E-state index contributed by atoms with van der Waals surface area (Å²) in [5.41, 5.74) is 1.55. The number of aldehydes is 1. The SMILES string of the molecule is CC(OC1CC1)c1ccc(C=O)cc1Cl. The molecule has 1 aromatic carbocycles. The Bertz CT molecular complexity index is 372. The van der Waals surface area contributed by atoms with Gasteiger partial charge in [-0.2, -0.15) is 0 Å². The summed E-state index contributed by atoms with van der Waals surface area (Å²) in [6.45, 7) is 1.99. The Morgan fingerprint density at radius 3 is 2.80 bits per heavy atom. The van der Waals surface area contributed by atoms with Gasteiger partial charge < -0.3 is 4.74 Å². The highest BCUT2D eigenvalue weighted by Gasteiger charge is 2.25. The van der Waals surface area contributed by atoms with Gasteiger partial charge in [0.15, 0.2) is 0 Å². The van der Waals surface area contributed by atoms with Gasteiger partial charge in [-0.15, -0.1) is 0 Å². The second-order valence-electron chi connectivity index (χ2n) is 3.88. The van der Waals surface area contributed by atoms with Gasteiger partial charge in [0.25, 0.3) is 0 Å². The molecule has 1 aliphatic rings. The van der Waals surface area contributed by atoms with Gasteiger partial charge in [-0.05, 0) is 31.4 Å².